The quantitative estimate of drug-likeness (QED) is 0.799. The molecule has 2 nitrogen and oxygen atoms in total. The molecule has 0 aliphatic heterocycles. The van der Waals surface area contributed by atoms with Crippen molar-refractivity contribution in [2.75, 3.05) is 18.0 Å². The second-order valence-corrected chi connectivity index (χ2v) is 3.46. The van der Waals surface area contributed by atoms with Gasteiger partial charge in [-0.1, -0.05) is 18.7 Å². The van der Waals surface area contributed by atoms with Gasteiger partial charge >= 0.3 is 0 Å². The molecule has 0 saturated carbocycles. The van der Waals surface area contributed by atoms with Crippen molar-refractivity contribution in [2.24, 2.45) is 5.73 Å². The zero-order valence-corrected chi connectivity index (χ0v) is 9.66. The Morgan fingerprint density at radius 1 is 1.33 bits per heavy atom. The minimum Gasteiger partial charge on any atom is -0.372 e. The summed E-state index contributed by atoms with van der Waals surface area (Å²) in [5, 5.41) is 0. The molecule has 0 bridgehead atoms. The van der Waals surface area contributed by atoms with E-state index < -0.39 is 0 Å². The first kappa shape index (κ1) is 11.8. The number of benzene rings is 1. The number of hydrogen-bond acceptors (Lipinski definition) is 2. The lowest BCUT2D eigenvalue weighted by Crippen LogP contribution is -2.22. The molecule has 1 aromatic carbocycles. The van der Waals surface area contributed by atoms with Crippen LogP contribution in [0.4, 0.5) is 5.69 Å². The van der Waals surface area contributed by atoms with E-state index in [9.17, 15) is 0 Å². The van der Waals surface area contributed by atoms with E-state index in [-0.39, 0.29) is 0 Å². The average Bonchev–Trinajstić information content (AvgIpc) is 2.30. The minimum absolute atomic E-state index is 0.566. The van der Waals surface area contributed by atoms with Crippen molar-refractivity contribution in [3.05, 3.63) is 35.9 Å². The van der Waals surface area contributed by atoms with Gasteiger partial charge in [-0.3, -0.25) is 0 Å². The highest BCUT2D eigenvalue weighted by molar-refractivity contribution is 5.59. The largest absolute Gasteiger partial charge is 0.372 e. The van der Waals surface area contributed by atoms with E-state index in [1.54, 1.807) is 0 Å². The van der Waals surface area contributed by atoms with Crippen LogP contribution in [0.2, 0.25) is 0 Å². The van der Waals surface area contributed by atoms with Crippen LogP contribution in [0.3, 0.4) is 0 Å². The summed E-state index contributed by atoms with van der Waals surface area (Å²) in [6.45, 7) is 10.7. The van der Waals surface area contributed by atoms with Crippen LogP contribution in [0.5, 0.6) is 0 Å². The number of hydrogen-bond donors (Lipinski definition) is 1. The van der Waals surface area contributed by atoms with E-state index in [2.05, 4.69) is 43.5 Å². The maximum Gasteiger partial charge on any atom is 0.0369 e. The fourth-order valence-electron chi connectivity index (χ4n) is 1.75. The van der Waals surface area contributed by atoms with Crippen LogP contribution in [-0.4, -0.2) is 13.1 Å². The lowest BCUT2D eigenvalue weighted by atomic mass is 10.1. The molecule has 0 aliphatic carbocycles. The van der Waals surface area contributed by atoms with Gasteiger partial charge in [0.2, 0.25) is 0 Å². The molecule has 2 heteroatoms. The van der Waals surface area contributed by atoms with Crippen molar-refractivity contribution in [2.45, 2.75) is 20.4 Å². The molecule has 0 heterocycles. The highest BCUT2D eigenvalue weighted by atomic mass is 15.1. The van der Waals surface area contributed by atoms with Gasteiger partial charge in [0.05, 0.1) is 0 Å². The first-order chi connectivity index (χ1) is 7.26. The van der Waals surface area contributed by atoms with Crippen LogP contribution in [0.1, 0.15) is 25.0 Å². The Kier molecular flexibility index (Phi) is 4.37. The minimum atomic E-state index is 0.566. The highest BCUT2D eigenvalue weighted by Crippen LogP contribution is 2.20. The predicted octanol–water partition coefficient (Wildman–Crippen LogP) is 2.63. The first-order valence-electron chi connectivity index (χ1n) is 5.47. The first-order valence-corrected chi connectivity index (χ1v) is 5.47. The molecular formula is C13H20N2. The average molecular weight is 204 g/mol. The van der Waals surface area contributed by atoms with Gasteiger partial charge in [0.15, 0.2) is 0 Å². The van der Waals surface area contributed by atoms with Crippen molar-refractivity contribution in [1.29, 1.82) is 0 Å². The van der Waals surface area contributed by atoms with Gasteiger partial charge in [-0.05, 0) is 37.1 Å². The number of nitrogens with zero attached hydrogens (tertiary/aromatic N) is 1. The van der Waals surface area contributed by atoms with Crippen molar-refractivity contribution in [3.8, 4) is 0 Å². The third-order valence-corrected chi connectivity index (χ3v) is 2.69. The summed E-state index contributed by atoms with van der Waals surface area (Å²) >= 11 is 0. The van der Waals surface area contributed by atoms with Gasteiger partial charge in [-0.25, -0.2) is 0 Å². The monoisotopic (exact) mass is 204 g/mol. The zero-order chi connectivity index (χ0) is 11.3. The molecule has 0 atom stereocenters. The third kappa shape index (κ3) is 2.60. The molecular weight excluding hydrogens is 184 g/mol. The third-order valence-electron chi connectivity index (χ3n) is 2.69. The second kappa shape index (κ2) is 5.56. The summed E-state index contributed by atoms with van der Waals surface area (Å²) in [5.41, 5.74) is 9.25. The topological polar surface area (TPSA) is 29.3 Å². The van der Waals surface area contributed by atoms with E-state index in [4.69, 9.17) is 5.73 Å². The van der Waals surface area contributed by atoms with Crippen LogP contribution in [0, 0.1) is 0 Å². The predicted molar refractivity (Wildman–Crippen MR) is 68.0 cm³/mol. The van der Waals surface area contributed by atoms with E-state index >= 15 is 0 Å². The molecule has 0 unspecified atom stereocenters. The molecule has 1 aromatic rings. The Labute approximate surface area is 92.4 Å². The number of rotatable bonds is 5. The summed E-state index contributed by atoms with van der Waals surface area (Å²) in [6, 6.07) is 6.37. The van der Waals surface area contributed by atoms with Crippen LogP contribution in [-0.2, 0) is 6.54 Å². The fraction of sp³-hybridized carbons (Fsp3) is 0.385. The highest BCUT2D eigenvalue weighted by Gasteiger charge is 2.04. The van der Waals surface area contributed by atoms with Gasteiger partial charge in [0.25, 0.3) is 0 Å². The maximum atomic E-state index is 5.71. The van der Waals surface area contributed by atoms with E-state index in [0.717, 1.165) is 24.2 Å². The number of anilines is 1. The van der Waals surface area contributed by atoms with Crippen molar-refractivity contribution >= 4 is 11.8 Å². The standard InChI is InChI=1S/C13H20N2/c1-4-11-7-8-13(9-12(11)10-14)15(5-2)6-3/h4,7-9H,1,5-6,10,14H2,2-3H3. The zero-order valence-electron chi connectivity index (χ0n) is 9.66. The van der Waals surface area contributed by atoms with Crippen LogP contribution in [0.25, 0.3) is 6.08 Å². The molecule has 0 saturated heterocycles. The van der Waals surface area contributed by atoms with Gasteiger partial charge in [0.1, 0.15) is 0 Å². The van der Waals surface area contributed by atoms with Gasteiger partial charge in [-0.15, -0.1) is 0 Å². The smallest absolute Gasteiger partial charge is 0.0369 e. The van der Waals surface area contributed by atoms with Crippen molar-refractivity contribution in [3.63, 3.8) is 0 Å². The fourth-order valence-corrected chi connectivity index (χ4v) is 1.75. The van der Waals surface area contributed by atoms with E-state index in [1.807, 2.05) is 6.08 Å². The van der Waals surface area contributed by atoms with Crippen LogP contribution in [0.15, 0.2) is 24.8 Å². The van der Waals surface area contributed by atoms with Crippen molar-refractivity contribution in [1.82, 2.24) is 0 Å². The molecule has 0 radical (unpaired) electrons. The Morgan fingerprint density at radius 2 is 2.00 bits per heavy atom. The molecule has 0 fully saturated rings. The summed E-state index contributed by atoms with van der Waals surface area (Å²) < 4.78 is 0. The molecule has 2 N–H and O–H groups in total. The second-order valence-electron chi connectivity index (χ2n) is 3.46. The molecule has 1 rings (SSSR count). The number of nitrogens with two attached hydrogens (primary N) is 1. The Bertz CT molecular complexity index is 327. The summed E-state index contributed by atoms with van der Waals surface area (Å²) in [6.07, 6.45) is 1.86. The molecule has 0 aliphatic rings. The lowest BCUT2D eigenvalue weighted by molar-refractivity contribution is 0.864. The van der Waals surface area contributed by atoms with Crippen molar-refractivity contribution < 1.29 is 0 Å². The Morgan fingerprint density at radius 3 is 2.47 bits per heavy atom. The van der Waals surface area contributed by atoms with Gasteiger partial charge in [-0.2, -0.15) is 0 Å². The van der Waals surface area contributed by atoms with E-state index in [1.165, 1.54) is 5.69 Å². The lowest BCUT2D eigenvalue weighted by Gasteiger charge is -2.22. The van der Waals surface area contributed by atoms with E-state index in [0.29, 0.717) is 6.54 Å². The normalized spacial score (nSPS) is 10.1. The molecule has 0 amide bonds. The summed E-state index contributed by atoms with van der Waals surface area (Å²) in [4.78, 5) is 2.31. The van der Waals surface area contributed by atoms with Crippen LogP contribution >= 0.6 is 0 Å². The molecule has 15 heavy (non-hydrogen) atoms. The molecule has 0 spiro atoms. The molecule has 0 aromatic heterocycles. The summed E-state index contributed by atoms with van der Waals surface area (Å²) in [5.74, 6) is 0. The Hall–Kier alpha value is -1.28. The maximum absolute atomic E-state index is 5.71. The van der Waals surface area contributed by atoms with Gasteiger partial charge in [0, 0.05) is 25.3 Å². The molecule has 82 valence electrons. The Balaban J connectivity index is 3.06. The summed E-state index contributed by atoms with van der Waals surface area (Å²) in [7, 11) is 0. The van der Waals surface area contributed by atoms with Crippen LogP contribution < -0.4 is 10.6 Å². The van der Waals surface area contributed by atoms with Gasteiger partial charge < -0.3 is 10.6 Å². The SMILES string of the molecule is C=Cc1ccc(N(CC)CC)cc1CN.